The van der Waals surface area contributed by atoms with E-state index >= 15 is 0 Å². The molecule has 6 heteroatoms. The molecule has 4 fully saturated rings. The highest BCUT2D eigenvalue weighted by Gasteiger charge is 2.55. The lowest BCUT2D eigenvalue weighted by Crippen LogP contribution is -2.54. The van der Waals surface area contributed by atoms with Crippen LogP contribution in [0.2, 0.25) is 0 Å². The first kappa shape index (κ1) is 39.6. The maximum atomic E-state index is 13.8. The fraction of sp³-hybridized carbons (Fsp3) is 0.909. The molecular weight excluding hydrogens is 492 g/mol. The number of hydrogen-bond donors (Lipinski definition) is 0. The lowest BCUT2D eigenvalue weighted by Gasteiger charge is -2.56. The Hall–Kier alpha value is -1.59. The van der Waals surface area contributed by atoms with Gasteiger partial charge in [0.05, 0.1) is 17.3 Å². The normalized spacial score (nSPS) is 28.1. The van der Waals surface area contributed by atoms with E-state index in [4.69, 9.17) is 14.2 Å². The summed E-state index contributed by atoms with van der Waals surface area (Å²) in [5.74, 6) is 0.793. The first-order valence-corrected chi connectivity index (χ1v) is 13.5. The zero-order chi connectivity index (χ0) is 26.4. The quantitative estimate of drug-likeness (QED) is 0.219. The number of carbonyl (C=O) groups excluding carboxylic acids is 3. The van der Waals surface area contributed by atoms with Crippen molar-refractivity contribution in [1.82, 2.24) is 0 Å². The molecule has 0 aromatic heterocycles. The predicted octanol–water partition coefficient (Wildman–Crippen LogP) is 8.93. The molecule has 0 spiro atoms. The maximum absolute atomic E-state index is 13.8. The Kier molecular flexibility index (Phi) is 13.6. The van der Waals surface area contributed by atoms with Crippen LogP contribution in [0.25, 0.3) is 0 Å². The molecule has 0 radical (unpaired) electrons. The third-order valence-corrected chi connectivity index (χ3v) is 8.19. The molecule has 6 nitrogen and oxygen atoms in total. The minimum atomic E-state index is -1.22. The van der Waals surface area contributed by atoms with E-state index in [-0.39, 0.29) is 54.1 Å². The fourth-order valence-corrected chi connectivity index (χ4v) is 6.98. The molecule has 4 aliphatic carbocycles. The van der Waals surface area contributed by atoms with Gasteiger partial charge < -0.3 is 14.2 Å². The summed E-state index contributed by atoms with van der Waals surface area (Å²) in [4.78, 5) is 40.1. The summed E-state index contributed by atoms with van der Waals surface area (Å²) in [6.07, 6.45) is 7.22. The Labute approximate surface area is 241 Å². The fourth-order valence-electron chi connectivity index (χ4n) is 6.98. The monoisotopic (exact) mass is 556 g/mol. The molecule has 0 aromatic rings. The molecule has 0 saturated heterocycles. The number of hydrogen-bond acceptors (Lipinski definition) is 6. The van der Waals surface area contributed by atoms with Gasteiger partial charge in [0.15, 0.2) is 0 Å². The van der Waals surface area contributed by atoms with Gasteiger partial charge in [0.2, 0.25) is 0 Å². The van der Waals surface area contributed by atoms with E-state index in [0.29, 0.717) is 24.2 Å². The van der Waals surface area contributed by atoms with Crippen LogP contribution in [0.3, 0.4) is 0 Å². The molecule has 2 atom stereocenters. The van der Waals surface area contributed by atoms with Crippen LogP contribution in [0, 0.1) is 28.6 Å². The van der Waals surface area contributed by atoms with Crippen LogP contribution in [0.4, 0.5) is 0 Å². The average Bonchev–Trinajstić information content (AvgIpc) is 2.63. The number of ether oxygens (including phenoxy) is 3. The van der Waals surface area contributed by atoms with Crippen molar-refractivity contribution < 1.29 is 28.6 Å². The van der Waals surface area contributed by atoms with Crippen molar-refractivity contribution in [3.63, 3.8) is 0 Å². The highest BCUT2D eigenvalue weighted by atomic mass is 16.6. The Morgan fingerprint density at radius 2 is 1.08 bits per heavy atom. The van der Waals surface area contributed by atoms with E-state index in [1.807, 2.05) is 13.8 Å². The van der Waals surface area contributed by atoms with Gasteiger partial charge in [-0.05, 0) is 125 Å². The molecule has 4 rings (SSSR count). The topological polar surface area (TPSA) is 78.9 Å². The van der Waals surface area contributed by atoms with Crippen LogP contribution in [0.15, 0.2) is 0 Å². The minimum Gasteiger partial charge on any atom is -0.460 e. The molecule has 2 unspecified atom stereocenters. The summed E-state index contributed by atoms with van der Waals surface area (Å²) in [5.41, 5.74) is -3.88. The smallest absolute Gasteiger partial charge is 0.312 e. The third-order valence-electron chi connectivity index (χ3n) is 8.19. The number of esters is 3. The van der Waals surface area contributed by atoms with Crippen molar-refractivity contribution in [3.05, 3.63) is 0 Å². The van der Waals surface area contributed by atoms with Crippen molar-refractivity contribution in [2.75, 3.05) is 0 Å². The van der Waals surface area contributed by atoms with E-state index in [1.165, 1.54) is 19.3 Å². The number of carbonyl (C=O) groups is 3. The second-order valence-corrected chi connectivity index (χ2v) is 14.4. The van der Waals surface area contributed by atoms with Gasteiger partial charge in [-0.1, -0.05) is 36.6 Å². The standard InChI is InChI=1S/C29H48O6.4CH4/c1-10-27(8,23(31)35-29-14-19-11-20(15-29)13-21(12-19)16-29)18-28(9,24(32)34-26(5,6)7)17-22(30)33-25(2,3)4;;;;/h19-21H,10-18H2,1-9H3;4*1H4. The number of rotatable bonds is 8. The molecule has 0 amide bonds. The van der Waals surface area contributed by atoms with Crippen LogP contribution in [-0.2, 0) is 28.6 Å². The van der Waals surface area contributed by atoms with Crippen molar-refractivity contribution >= 4 is 17.9 Å². The van der Waals surface area contributed by atoms with Crippen molar-refractivity contribution in [2.24, 2.45) is 28.6 Å². The van der Waals surface area contributed by atoms with E-state index in [9.17, 15) is 14.4 Å². The summed E-state index contributed by atoms with van der Waals surface area (Å²) in [6, 6.07) is 0. The van der Waals surface area contributed by atoms with Gasteiger partial charge in [-0.2, -0.15) is 0 Å². The van der Waals surface area contributed by atoms with Gasteiger partial charge in [0, 0.05) is 0 Å². The summed E-state index contributed by atoms with van der Waals surface area (Å²) in [7, 11) is 0. The van der Waals surface area contributed by atoms with Crippen molar-refractivity contribution in [1.29, 1.82) is 0 Å². The van der Waals surface area contributed by atoms with E-state index < -0.39 is 34.0 Å². The molecule has 4 saturated carbocycles. The molecule has 4 aliphatic rings. The molecule has 232 valence electrons. The van der Waals surface area contributed by atoms with Gasteiger partial charge in [-0.25, -0.2) is 0 Å². The summed E-state index contributed by atoms with van der Waals surface area (Å²) < 4.78 is 17.7. The van der Waals surface area contributed by atoms with E-state index in [1.54, 1.807) is 48.5 Å². The molecule has 0 heterocycles. The Bertz CT molecular complexity index is 797. The lowest BCUT2D eigenvalue weighted by atomic mass is 9.54. The third kappa shape index (κ3) is 9.78. The Balaban J connectivity index is 0. The Morgan fingerprint density at radius 1 is 0.667 bits per heavy atom. The van der Waals surface area contributed by atoms with E-state index in [0.717, 1.165) is 19.3 Å². The first-order chi connectivity index (χ1) is 15.9. The second-order valence-electron chi connectivity index (χ2n) is 14.4. The molecular formula is C33H64O6. The minimum absolute atomic E-state index is 0. The molecule has 4 bridgehead atoms. The van der Waals surface area contributed by atoms with Crippen LogP contribution in [-0.4, -0.2) is 34.7 Å². The van der Waals surface area contributed by atoms with Crippen LogP contribution >= 0.6 is 0 Å². The lowest BCUT2D eigenvalue weighted by molar-refractivity contribution is -0.200. The van der Waals surface area contributed by atoms with E-state index in [2.05, 4.69) is 0 Å². The van der Waals surface area contributed by atoms with Gasteiger partial charge in [-0.15, -0.1) is 0 Å². The molecule has 39 heavy (non-hydrogen) atoms. The SMILES string of the molecule is C.C.C.C.CCC(C)(CC(C)(CC(=O)OC(C)(C)C)C(=O)OC(C)(C)C)C(=O)OC12CC3CC(CC(C3)C1)C2. The molecule has 0 N–H and O–H groups in total. The molecule has 0 aromatic carbocycles. The van der Waals surface area contributed by atoms with Crippen LogP contribution in [0.5, 0.6) is 0 Å². The van der Waals surface area contributed by atoms with Crippen LogP contribution < -0.4 is 0 Å². The predicted molar refractivity (Wildman–Crippen MR) is 161 cm³/mol. The zero-order valence-corrected chi connectivity index (χ0v) is 23.5. The van der Waals surface area contributed by atoms with Crippen molar-refractivity contribution in [3.8, 4) is 0 Å². The first-order valence-electron chi connectivity index (χ1n) is 13.5. The highest BCUT2D eigenvalue weighted by Crippen LogP contribution is 2.58. The summed E-state index contributed by atoms with van der Waals surface area (Å²) >= 11 is 0. The van der Waals surface area contributed by atoms with Gasteiger partial charge >= 0.3 is 17.9 Å². The molecule has 0 aliphatic heterocycles. The Morgan fingerprint density at radius 3 is 1.44 bits per heavy atom. The maximum Gasteiger partial charge on any atom is 0.312 e. The average molecular weight is 557 g/mol. The zero-order valence-electron chi connectivity index (χ0n) is 23.5. The van der Waals surface area contributed by atoms with Gasteiger partial charge in [-0.3, -0.25) is 14.4 Å². The van der Waals surface area contributed by atoms with Gasteiger partial charge in [0.1, 0.15) is 16.8 Å². The summed E-state index contributed by atoms with van der Waals surface area (Å²) in [5, 5.41) is 0. The second kappa shape index (κ2) is 13.4. The largest absolute Gasteiger partial charge is 0.460 e. The van der Waals surface area contributed by atoms with Crippen molar-refractivity contribution in [2.45, 2.75) is 167 Å². The highest BCUT2D eigenvalue weighted by molar-refractivity contribution is 5.85. The van der Waals surface area contributed by atoms with Crippen LogP contribution in [0.1, 0.15) is 150 Å². The summed E-state index contributed by atoms with van der Waals surface area (Å²) in [6.45, 7) is 16.4. The van der Waals surface area contributed by atoms with Gasteiger partial charge in [0.25, 0.3) is 0 Å².